The van der Waals surface area contributed by atoms with Crippen LogP contribution in [0.3, 0.4) is 0 Å². The predicted molar refractivity (Wildman–Crippen MR) is 530 cm³/mol. The van der Waals surface area contributed by atoms with Gasteiger partial charge in [0.15, 0.2) is 0 Å². The largest absolute Gasteiger partial charge is 0.493 e. The summed E-state index contributed by atoms with van der Waals surface area (Å²) in [6.45, 7) is 30.3. The van der Waals surface area contributed by atoms with E-state index in [-0.39, 0.29) is 0 Å². The van der Waals surface area contributed by atoms with Crippen LogP contribution in [0.4, 0.5) is 41.9 Å². The van der Waals surface area contributed by atoms with Gasteiger partial charge in [-0.2, -0.15) is 21.0 Å². The first-order valence-corrected chi connectivity index (χ1v) is 47.1. The van der Waals surface area contributed by atoms with E-state index in [4.69, 9.17) is 37.9 Å². The van der Waals surface area contributed by atoms with Crippen molar-refractivity contribution < 1.29 is 57.1 Å². The number of likely N-dealkylation sites (tertiary alicyclic amines) is 2. The number of ether oxygens (including phenoxy) is 8. The van der Waals surface area contributed by atoms with Gasteiger partial charge in [-0.1, -0.05) is 60.2 Å². The Hall–Kier alpha value is -15.6. The van der Waals surface area contributed by atoms with E-state index in [9.17, 15) is 40.2 Å². The van der Waals surface area contributed by atoms with Gasteiger partial charge < -0.3 is 70.5 Å². The molecule has 137 heavy (non-hydrogen) atoms. The number of fused-ring (bicyclic) bond motifs is 4. The standard InChI is InChI=1S/C28H34N4O3.C27H32N4O3.2C25H26N6O3/c1-3-32-26-19-23(35-18-8-17-31-15-6-5-7-16-31)13-14-24(26)25(20-29)27(32)21-9-11-22(12-10-21)30-28(33)34-4-2;1-3-31-25-18-22(34-17-7-16-30-14-5-6-15-30)12-13-23(25)24(19-28)26(31)20-8-10-21(11-9-20)29-27(32)33-4-2;1-3-31-23-16-20(34-15-5-13-30-14-12-27-29-30)10-11-21(23)22(17-26)24(31)18-6-8-19(9-7-18)28-25(32)33-4-2;1-3-31-23-14-20(34-13-5-12-30-16-27-28-17-30)10-11-21(23)22(15-26)24(31)18-6-8-19(9-7-18)29-25(32)33-4-2/h9-14,19H,3-8,15-18H2,1-2H3,(H,30,33);8-13,18H,3-7,14-17H2,1-2H3,(H,29,32);6-12,14,16H,3-5,13,15H2,1-2H3,(H,28,32);6-11,14,16-17H,3-5,12-13H2,1-2H3,(H,29,32). The van der Waals surface area contributed by atoms with Crippen molar-refractivity contribution in [3.8, 4) is 92.3 Å². The second kappa shape index (κ2) is 49.9. The van der Waals surface area contributed by atoms with Gasteiger partial charge in [0.25, 0.3) is 0 Å². The summed E-state index contributed by atoms with van der Waals surface area (Å²) in [5, 5.41) is 69.7. The van der Waals surface area contributed by atoms with Crippen LogP contribution in [0.2, 0.25) is 0 Å². The van der Waals surface area contributed by atoms with Crippen LogP contribution in [0.15, 0.2) is 195 Å². The number of anilines is 4. The summed E-state index contributed by atoms with van der Waals surface area (Å²) in [5.74, 6) is 3.16. The number of aryl methyl sites for hydroxylation is 6. The van der Waals surface area contributed by atoms with Crippen molar-refractivity contribution in [1.29, 1.82) is 21.0 Å². The van der Waals surface area contributed by atoms with E-state index in [1.165, 1.54) is 58.3 Å². The van der Waals surface area contributed by atoms with Crippen molar-refractivity contribution in [2.75, 3.05) is 113 Å². The van der Waals surface area contributed by atoms with Gasteiger partial charge >= 0.3 is 24.4 Å². The smallest absolute Gasteiger partial charge is 0.411 e. The van der Waals surface area contributed by atoms with E-state index < -0.39 is 24.4 Å². The van der Waals surface area contributed by atoms with Crippen LogP contribution in [0.1, 0.15) is 135 Å². The first-order chi connectivity index (χ1) is 67.1. The van der Waals surface area contributed by atoms with Crippen LogP contribution < -0.4 is 40.2 Å². The van der Waals surface area contributed by atoms with Crippen LogP contribution in [-0.2, 0) is 58.2 Å². The van der Waals surface area contributed by atoms with Gasteiger partial charge in [0.2, 0.25) is 0 Å². The van der Waals surface area contributed by atoms with E-state index in [2.05, 4.69) is 108 Å². The van der Waals surface area contributed by atoms with Crippen LogP contribution in [0.25, 0.3) is 88.6 Å². The first kappa shape index (κ1) is 98.9. The highest BCUT2D eigenvalue weighted by Gasteiger charge is 2.26. The van der Waals surface area contributed by atoms with E-state index in [1.54, 1.807) is 75.5 Å². The minimum absolute atomic E-state index is 0.305. The van der Waals surface area contributed by atoms with Gasteiger partial charge in [0, 0.05) is 134 Å². The quantitative estimate of drug-likeness (QED) is 0.0209. The molecule has 4 N–H and O–H groups in total. The van der Waals surface area contributed by atoms with Crippen molar-refractivity contribution in [1.82, 2.24) is 57.8 Å². The normalized spacial score (nSPS) is 12.3. The number of nitrogens with zero attached hydrogens (tertiary/aromatic N) is 16. The van der Waals surface area contributed by atoms with Gasteiger partial charge in [0.05, 0.1) is 126 Å². The Labute approximate surface area is 797 Å². The third-order valence-electron chi connectivity index (χ3n) is 23.6. The zero-order valence-corrected chi connectivity index (χ0v) is 79.0. The summed E-state index contributed by atoms with van der Waals surface area (Å²) in [6.07, 6.45) is 15.1. The molecule has 6 aromatic heterocycles. The second-order valence-electron chi connectivity index (χ2n) is 32.4. The molecule has 0 saturated carbocycles. The van der Waals surface area contributed by atoms with Gasteiger partial charge in [-0.05, 0) is 246 Å². The summed E-state index contributed by atoms with van der Waals surface area (Å²) in [4.78, 5) is 51.7. The molecule has 0 radical (unpaired) electrons. The van der Waals surface area contributed by atoms with Gasteiger partial charge in [-0.25, -0.2) is 19.2 Å². The highest BCUT2D eigenvalue weighted by molar-refractivity contribution is 6.00. The SMILES string of the molecule is CCOC(=O)Nc1ccc(-c2c(C#N)c3ccc(OCCCN4CCCC4)cc3n2CC)cc1.CCOC(=O)Nc1ccc(-c2c(C#N)c3ccc(OCCCN4CCCCC4)cc3n2CC)cc1.CCOC(=O)Nc1ccc(-c2c(C#N)c3ccc(OCCCn4ccnn4)cc3n2CC)cc1.CCOC(=O)Nc1ccc(-c2c(C#N)c3ccc(OCCCn4cnnc4)cc3n2CC)cc1. The van der Waals surface area contributed by atoms with Crippen LogP contribution in [0, 0.1) is 45.3 Å². The molecule has 2 aliphatic rings. The number of hydrogen-bond acceptors (Lipinski definition) is 22. The number of carbonyl (C=O) groups is 4. The van der Waals surface area contributed by atoms with Gasteiger partial charge in [-0.3, -0.25) is 25.9 Å². The zero-order valence-electron chi connectivity index (χ0n) is 79.0. The monoisotopic (exact) mass is 1850 g/mol. The molecule has 4 amide bonds. The predicted octanol–water partition coefficient (Wildman–Crippen LogP) is 21.3. The fraction of sp³-hybridized carbons (Fsp3) is 0.352. The summed E-state index contributed by atoms with van der Waals surface area (Å²) in [6, 6.07) is 62.9. The Balaban J connectivity index is 0.000000154. The molecule has 2 aliphatic heterocycles. The van der Waals surface area contributed by atoms with Crippen molar-refractivity contribution in [3.05, 3.63) is 217 Å². The molecule has 0 spiro atoms. The summed E-state index contributed by atoms with van der Waals surface area (Å²) in [5.41, 5.74) is 15.9. The lowest BCUT2D eigenvalue weighted by Gasteiger charge is -2.26. The molecule has 2 saturated heterocycles. The second-order valence-corrected chi connectivity index (χ2v) is 32.4. The Kier molecular flexibility index (Phi) is 36.0. The number of carbonyl (C=O) groups excluding carboxylic acids is 4. The lowest BCUT2D eigenvalue weighted by Crippen LogP contribution is -2.31. The molecule has 2 fully saturated rings. The van der Waals surface area contributed by atoms with Crippen molar-refractivity contribution in [3.63, 3.8) is 0 Å². The minimum Gasteiger partial charge on any atom is -0.493 e. The maximum Gasteiger partial charge on any atom is 0.411 e. The molecule has 0 bridgehead atoms. The maximum absolute atomic E-state index is 11.7. The third kappa shape index (κ3) is 25.5. The molecule has 32 nitrogen and oxygen atoms in total. The van der Waals surface area contributed by atoms with Crippen molar-refractivity contribution in [2.45, 2.75) is 152 Å². The van der Waals surface area contributed by atoms with E-state index in [0.717, 1.165) is 177 Å². The summed E-state index contributed by atoms with van der Waals surface area (Å²) < 4.78 is 56.0. The van der Waals surface area contributed by atoms with Crippen LogP contribution >= 0.6 is 0 Å². The highest BCUT2D eigenvalue weighted by Crippen LogP contribution is 2.42. The van der Waals surface area contributed by atoms with Crippen LogP contribution in [-0.4, -0.2) is 174 Å². The third-order valence-corrected chi connectivity index (χ3v) is 23.6. The highest BCUT2D eigenvalue weighted by atomic mass is 16.6. The Morgan fingerprint density at radius 1 is 0.336 bits per heavy atom. The zero-order chi connectivity index (χ0) is 96.4. The van der Waals surface area contributed by atoms with E-state index in [0.29, 0.717) is 111 Å². The molecule has 0 unspecified atom stereocenters. The average Bonchev–Trinajstić information content (AvgIpc) is 1.62. The van der Waals surface area contributed by atoms with Crippen molar-refractivity contribution in [2.24, 2.45) is 0 Å². The maximum atomic E-state index is 11.7. The van der Waals surface area contributed by atoms with Gasteiger partial charge in [-0.15, -0.1) is 15.3 Å². The molecule has 710 valence electrons. The number of piperidine rings is 1. The average molecular weight is 1850 g/mol. The fourth-order valence-corrected chi connectivity index (χ4v) is 17.3. The number of aromatic nitrogens is 10. The van der Waals surface area contributed by atoms with Gasteiger partial charge in [0.1, 0.15) is 59.9 Å². The first-order valence-electron chi connectivity index (χ1n) is 47.1. The number of nitrogens with one attached hydrogen (secondary N) is 4. The summed E-state index contributed by atoms with van der Waals surface area (Å²) in [7, 11) is 0. The molecule has 0 aliphatic carbocycles. The van der Waals surface area contributed by atoms with E-state index in [1.807, 2.05) is 170 Å². The number of hydrogen-bond donors (Lipinski definition) is 4. The topological polar surface area (TPSA) is 373 Å². The van der Waals surface area contributed by atoms with Crippen molar-refractivity contribution >= 4 is 90.7 Å². The molecular formula is C105H118N20O12. The molecule has 14 aromatic rings. The summed E-state index contributed by atoms with van der Waals surface area (Å²) >= 11 is 0. The molecule has 0 atom stereocenters. The Bertz CT molecular complexity index is 6340. The molecule has 8 aromatic carbocycles. The van der Waals surface area contributed by atoms with E-state index >= 15 is 0 Å². The number of rotatable bonds is 36. The Morgan fingerprint density at radius 2 is 0.606 bits per heavy atom. The minimum atomic E-state index is -0.496. The number of benzene rings is 8. The Morgan fingerprint density at radius 3 is 0.861 bits per heavy atom. The lowest BCUT2D eigenvalue weighted by atomic mass is 10.1. The molecular weight excluding hydrogens is 1730 g/mol. The fourth-order valence-electron chi connectivity index (χ4n) is 17.3. The molecule has 16 rings (SSSR count). The van der Waals surface area contributed by atoms with Crippen LogP contribution in [0.5, 0.6) is 23.0 Å². The number of nitriles is 4. The molecule has 32 heteroatoms. The lowest BCUT2D eigenvalue weighted by molar-refractivity contribution is 0.167. The molecule has 8 heterocycles. The number of amides is 4.